The summed E-state index contributed by atoms with van der Waals surface area (Å²) in [5, 5.41) is 23.4. The summed E-state index contributed by atoms with van der Waals surface area (Å²) in [7, 11) is 0. The molecule has 0 spiro atoms. The largest absolute Gasteiger partial charge is 0.472 e. The van der Waals surface area contributed by atoms with E-state index < -0.39 is 65.0 Å². The van der Waals surface area contributed by atoms with Crippen molar-refractivity contribution >= 4 is 11.9 Å². The third-order valence-corrected chi connectivity index (χ3v) is 11.9. The first-order chi connectivity index (χ1) is 19.8. The Balaban J connectivity index is 1.58. The SMILES string of the molecule is C/C=C(/C)C(=O)OC1C2OCC3(C)C(OC(C)=O)CC(O)C(C)(C23)C2CC(O)OC3CC(c4ccoc4)C(C)=C3C12C. The van der Waals surface area contributed by atoms with Crippen molar-refractivity contribution in [2.45, 2.75) is 110 Å². The Morgan fingerprint density at radius 2 is 1.83 bits per heavy atom. The summed E-state index contributed by atoms with van der Waals surface area (Å²) in [6.07, 6.45) is 2.01. The molecule has 1 aromatic rings. The molecule has 3 heterocycles. The zero-order valence-electron chi connectivity index (χ0n) is 25.6. The number of esters is 2. The van der Waals surface area contributed by atoms with E-state index in [1.165, 1.54) is 6.92 Å². The van der Waals surface area contributed by atoms with Gasteiger partial charge >= 0.3 is 11.9 Å². The predicted molar refractivity (Wildman–Crippen MR) is 151 cm³/mol. The highest BCUT2D eigenvalue weighted by molar-refractivity contribution is 5.87. The van der Waals surface area contributed by atoms with E-state index in [0.29, 0.717) is 18.6 Å². The first kappa shape index (κ1) is 29.6. The highest BCUT2D eigenvalue weighted by Gasteiger charge is 2.77. The monoisotopic (exact) mass is 584 g/mol. The van der Waals surface area contributed by atoms with E-state index in [9.17, 15) is 19.8 Å². The lowest BCUT2D eigenvalue weighted by Gasteiger charge is -2.66. The van der Waals surface area contributed by atoms with Crippen LogP contribution in [0.15, 0.2) is 45.8 Å². The average molecular weight is 585 g/mol. The van der Waals surface area contributed by atoms with Crippen LogP contribution in [0.1, 0.15) is 79.2 Å². The van der Waals surface area contributed by atoms with Gasteiger partial charge in [0.2, 0.25) is 0 Å². The fourth-order valence-electron chi connectivity index (χ4n) is 9.91. The van der Waals surface area contributed by atoms with Crippen molar-refractivity contribution in [3.63, 3.8) is 0 Å². The lowest BCUT2D eigenvalue weighted by atomic mass is 9.39. The van der Waals surface area contributed by atoms with Crippen LogP contribution < -0.4 is 0 Å². The molecule has 12 atom stereocenters. The molecular formula is C33H44O9. The maximum atomic E-state index is 13.5. The van der Waals surface area contributed by atoms with Gasteiger partial charge in [0, 0.05) is 53.4 Å². The molecule has 9 heteroatoms. The fourth-order valence-corrected chi connectivity index (χ4v) is 9.91. The molecule has 4 fully saturated rings. The Bertz CT molecular complexity index is 1310. The van der Waals surface area contributed by atoms with E-state index in [1.54, 1.807) is 32.4 Å². The average Bonchev–Trinajstić information content (AvgIpc) is 3.64. The van der Waals surface area contributed by atoms with Crippen LogP contribution in [0.25, 0.3) is 0 Å². The number of aliphatic hydroxyl groups is 2. The number of carbonyl (C=O) groups excluding carboxylic acids is 2. The second-order valence-corrected chi connectivity index (χ2v) is 13.9. The van der Waals surface area contributed by atoms with E-state index in [2.05, 4.69) is 27.7 Å². The highest BCUT2D eigenvalue weighted by Crippen LogP contribution is 2.72. The molecule has 3 aliphatic carbocycles. The molecule has 9 nitrogen and oxygen atoms in total. The number of rotatable bonds is 4. The summed E-state index contributed by atoms with van der Waals surface area (Å²) in [5.41, 5.74) is 1.35. The molecule has 42 heavy (non-hydrogen) atoms. The van der Waals surface area contributed by atoms with Gasteiger partial charge in [0.15, 0.2) is 6.29 Å². The molecule has 2 aliphatic heterocycles. The van der Waals surface area contributed by atoms with Crippen molar-refractivity contribution in [2.75, 3.05) is 6.61 Å². The smallest absolute Gasteiger partial charge is 0.333 e. The second-order valence-electron chi connectivity index (χ2n) is 13.9. The summed E-state index contributed by atoms with van der Waals surface area (Å²) in [6, 6.07) is 1.95. The van der Waals surface area contributed by atoms with Crippen molar-refractivity contribution in [2.24, 2.45) is 28.1 Å². The quantitative estimate of drug-likeness (QED) is 0.300. The van der Waals surface area contributed by atoms with E-state index in [-0.39, 0.29) is 30.6 Å². The number of ether oxygens (including phenoxy) is 4. The molecule has 6 rings (SSSR count). The molecule has 2 saturated heterocycles. The molecule has 0 aromatic carbocycles. The summed E-state index contributed by atoms with van der Waals surface area (Å²) >= 11 is 0. The Morgan fingerprint density at radius 3 is 2.48 bits per heavy atom. The molecule has 230 valence electrons. The van der Waals surface area contributed by atoms with Gasteiger partial charge in [-0.2, -0.15) is 0 Å². The number of allylic oxidation sites excluding steroid dienone is 2. The number of aliphatic hydroxyl groups excluding tert-OH is 2. The lowest BCUT2D eigenvalue weighted by molar-refractivity contribution is -0.258. The molecule has 0 radical (unpaired) electrons. The van der Waals surface area contributed by atoms with Gasteiger partial charge in [-0.3, -0.25) is 4.79 Å². The van der Waals surface area contributed by atoms with Gasteiger partial charge in [-0.1, -0.05) is 32.4 Å². The number of fused-ring (bicyclic) bond motifs is 4. The van der Waals surface area contributed by atoms with Gasteiger partial charge in [0.05, 0.1) is 37.4 Å². The van der Waals surface area contributed by atoms with Crippen molar-refractivity contribution in [3.05, 3.63) is 47.0 Å². The van der Waals surface area contributed by atoms with Crippen LogP contribution >= 0.6 is 0 Å². The van der Waals surface area contributed by atoms with Crippen LogP contribution in [0.4, 0.5) is 0 Å². The maximum absolute atomic E-state index is 13.5. The first-order valence-electron chi connectivity index (χ1n) is 15.2. The molecule has 2 saturated carbocycles. The Kier molecular flexibility index (Phi) is 7.08. The van der Waals surface area contributed by atoms with Crippen molar-refractivity contribution in [3.8, 4) is 0 Å². The van der Waals surface area contributed by atoms with Crippen molar-refractivity contribution < 1.29 is 43.2 Å². The predicted octanol–water partition coefficient (Wildman–Crippen LogP) is 4.43. The van der Waals surface area contributed by atoms with Crippen LogP contribution in [0.5, 0.6) is 0 Å². The first-order valence-corrected chi connectivity index (χ1v) is 15.2. The molecule has 5 aliphatic rings. The van der Waals surface area contributed by atoms with Crippen LogP contribution in [0.2, 0.25) is 0 Å². The van der Waals surface area contributed by atoms with Gasteiger partial charge in [0.25, 0.3) is 0 Å². The minimum Gasteiger partial charge on any atom is -0.472 e. The van der Waals surface area contributed by atoms with Crippen molar-refractivity contribution in [1.82, 2.24) is 0 Å². The van der Waals surface area contributed by atoms with Gasteiger partial charge in [0.1, 0.15) is 12.2 Å². The van der Waals surface area contributed by atoms with E-state index in [1.807, 2.05) is 6.07 Å². The van der Waals surface area contributed by atoms with Gasteiger partial charge in [-0.15, -0.1) is 0 Å². The third kappa shape index (κ3) is 3.96. The number of hydrogen-bond donors (Lipinski definition) is 2. The molecule has 12 unspecified atom stereocenters. The summed E-state index contributed by atoms with van der Waals surface area (Å²) in [5.74, 6) is -1.51. The topological polar surface area (TPSA) is 125 Å². The summed E-state index contributed by atoms with van der Waals surface area (Å²) in [6.45, 7) is 13.5. The number of carbonyl (C=O) groups is 2. The van der Waals surface area contributed by atoms with E-state index >= 15 is 0 Å². The van der Waals surface area contributed by atoms with Crippen LogP contribution in [-0.4, -0.2) is 65.6 Å². The second kappa shape index (κ2) is 10.0. The van der Waals surface area contributed by atoms with Gasteiger partial charge in [-0.05, 0) is 50.3 Å². The summed E-state index contributed by atoms with van der Waals surface area (Å²) in [4.78, 5) is 25.7. The zero-order chi connectivity index (χ0) is 30.4. The van der Waals surface area contributed by atoms with Gasteiger partial charge in [-0.25, -0.2) is 4.79 Å². The minimum atomic E-state index is -1.08. The van der Waals surface area contributed by atoms with E-state index in [4.69, 9.17) is 23.4 Å². The minimum absolute atomic E-state index is 0.00469. The summed E-state index contributed by atoms with van der Waals surface area (Å²) < 4.78 is 30.8. The van der Waals surface area contributed by atoms with Crippen LogP contribution in [-0.2, 0) is 28.5 Å². The van der Waals surface area contributed by atoms with Crippen LogP contribution in [0, 0.1) is 28.1 Å². The van der Waals surface area contributed by atoms with E-state index in [0.717, 1.165) is 16.7 Å². The lowest BCUT2D eigenvalue weighted by Crippen LogP contribution is -2.72. The fraction of sp³-hybridized carbons (Fsp3) is 0.697. The molecule has 2 N–H and O–H groups in total. The maximum Gasteiger partial charge on any atom is 0.333 e. The molecule has 1 aromatic heterocycles. The standard InChI is InChI=1S/C33H44O9/c1-8-16(2)30(37)42-29-27-28-31(5,15-39-27)24(40-18(4)34)13-23(35)32(28,6)22-12-25(36)41-21-11-20(19-9-10-38-14-19)17(3)26(21)33(22,29)7/h8-10,14,20-25,27-29,35-36H,11-13,15H2,1-7H3/b16-8-. The van der Waals surface area contributed by atoms with Crippen molar-refractivity contribution in [1.29, 1.82) is 0 Å². The number of furan rings is 1. The third-order valence-electron chi connectivity index (χ3n) is 11.9. The van der Waals surface area contributed by atoms with Crippen LogP contribution in [0.3, 0.4) is 0 Å². The Morgan fingerprint density at radius 1 is 1.10 bits per heavy atom. The number of hydrogen-bond acceptors (Lipinski definition) is 9. The highest BCUT2D eigenvalue weighted by atomic mass is 16.6. The molecule has 0 bridgehead atoms. The zero-order valence-corrected chi connectivity index (χ0v) is 25.6. The normalized spacial score (nSPS) is 46.4. The molecular weight excluding hydrogens is 540 g/mol. The Hall–Kier alpha value is -2.46. The van der Waals surface area contributed by atoms with Gasteiger partial charge < -0.3 is 33.6 Å². The Labute approximate surface area is 247 Å². The molecule has 0 amide bonds.